The molecule has 2 amide bonds. The van der Waals surface area contributed by atoms with Gasteiger partial charge in [-0.1, -0.05) is 0 Å². The monoisotopic (exact) mass is 320 g/mol. The maximum atomic E-state index is 12.0. The molecule has 2 aliphatic rings. The lowest BCUT2D eigenvalue weighted by Gasteiger charge is -2.19. The molecule has 1 fully saturated rings. The van der Waals surface area contributed by atoms with Crippen molar-refractivity contribution in [1.82, 2.24) is 0 Å². The molecule has 2 aliphatic heterocycles. The van der Waals surface area contributed by atoms with E-state index in [1.54, 1.807) is 11.0 Å². The van der Waals surface area contributed by atoms with E-state index in [9.17, 15) is 14.4 Å². The van der Waals surface area contributed by atoms with Crippen molar-refractivity contribution in [1.29, 1.82) is 0 Å². The highest BCUT2D eigenvalue weighted by molar-refractivity contribution is 8.00. The summed E-state index contributed by atoms with van der Waals surface area (Å²) >= 11 is 1.48. The van der Waals surface area contributed by atoms with Crippen molar-refractivity contribution in [2.45, 2.75) is 30.3 Å². The Hall–Kier alpha value is -2.02. The quantitative estimate of drug-likeness (QED) is 0.666. The number of cyclic esters (lactones) is 1. The Kier molecular flexibility index (Phi) is 4.33. The summed E-state index contributed by atoms with van der Waals surface area (Å²) in [5.41, 5.74) is 1.44. The van der Waals surface area contributed by atoms with Crippen LogP contribution >= 0.6 is 11.8 Å². The number of thioether (sulfide) groups is 1. The number of nitrogens with one attached hydrogen (secondary N) is 1. The number of amides is 2. The molecule has 1 aromatic carbocycles. The van der Waals surface area contributed by atoms with Crippen molar-refractivity contribution < 1.29 is 19.1 Å². The minimum absolute atomic E-state index is 0.0367. The molecule has 0 saturated carbocycles. The average molecular weight is 320 g/mol. The van der Waals surface area contributed by atoms with Crippen molar-refractivity contribution in [2.75, 3.05) is 22.5 Å². The zero-order valence-electron chi connectivity index (χ0n) is 11.9. The summed E-state index contributed by atoms with van der Waals surface area (Å²) in [7, 11) is 0. The highest BCUT2D eigenvalue weighted by Crippen LogP contribution is 2.35. The van der Waals surface area contributed by atoms with Gasteiger partial charge >= 0.3 is 6.09 Å². The highest BCUT2D eigenvalue weighted by atomic mass is 32.2. The average Bonchev–Trinajstić information content (AvgIpc) is 2.87. The first-order chi connectivity index (χ1) is 10.7. The van der Waals surface area contributed by atoms with Crippen LogP contribution in [0.5, 0.6) is 0 Å². The first-order valence-electron chi connectivity index (χ1n) is 7.16. The van der Waals surface area contributed by atoms with Crippen LogP contribution in [0.3, 0.4) is 0 Å². The summed E-state index contributed by atoms with van der Waals surface area (Å²) in [6.07, 6.45) is 2.18. The first kappa shape index (κ1) is 14.9. The van der Waals surface area contributed by atoms with Crippen LogP contribution < -0.4 is 10.2 Å². The Labute approximate surface area is 132 Å². The molecule has 0 bridgehead atoms. The molecule has 2 heterocycles. The molecule has 0 aliphatic carbocycles. The van der Waals surface area contributed by atoms with E-state index in [1.807, 2.05) is 12.1 Å². The second-order valence-corrected chi connectivity index (χ2v) is 6.25. The SMILES string of the molecule is O=CCCCC1CN(c2ccc3c(c2)NC(=O)CS3)C(=O)O1. The lowest BCUT2D eigenvalue weighted by molar-refractivity contribution is -0.114. The number of carbonyl (C=O) groups excluding carboxylic acids is 3. The van der Waals surface area contributed by atoms with Crippen molar-refractivity contribution in [2.24, 2.45) is 0 Å². The molecule has 1 saturated heterocycles. The molecule has 3 rings (SSSR count). The van der Waals surface area contributed by atoms with E-state index >= 15 is 0 Å². The molecule has 0 aromatic heterocycles. The molecule has 0 radical (unpaired) electrons. The Morgan fingerprint density at radius 3 is 3.09 bits per heavy atom. The first-order valence-corrected chi connectivity index (χ1v) is 8.14. The maximum absolute atomic E-state index is 12.0. The van der Waals surface area contributed by atoms with Gasteiger partial charge in [0.2, 0.25) is 5.91 Å². The Morgan fingerprint density at radius 2 is 2.27 bits per heavy atom. The predicted octanol–water partition coefficient (Wildman–Crippen LogP) is 2.43. The third-order valence-electron chi connectivity index (χ3n) is 3.63. The number of hydrogen-bond donors (Lipinski definition) is 1. The van der Waals surface area contributed by atoms with Crippen LogP contribution in [0, 0.1) is 0 Å². The Morgan fingerprint density at radius 1 is 1.41 bits per heavy atom. The smallest absolute Gasteiger partial charge is 0.414 e. The molecule has 0 spiro atoms. The number of hydrogen-bond acceptors (Lipinski definition) is 5. The van der Waals surface area contributed by atoms with E-state index < -0.39 is 0 Å². The molecular formula is C15H16N2O4S. The van der Waals surface area contributed by atoms with Gasteiger partial charge in [0.15, 0.2) is 0 Å². The molecule has 1 atom stereocenters. The summed E-state index contributed by atoms with van der Waals surface area (Å²) in [6.45, 7) is 0.470. The second kappa shape index (κ2) is 6.39. The summed E-state index contributed by atoms with van der Waals surface area (Å²) in [5.74, 6) is 0.377. The van der Waals surface area contributed by atoms with Gasteiger partial charge in [0.1, 0.15) is 12.4 Å². The zero-order chi connectivity index (χ0) is 15.5. The van der Waals surface area contributed by atoms with Crippen molar-refractivity contribution in [3.63, 3.8) is 0 Å². The topological polar surface area (TPSA) is 75.7 Å². The van der Waals surface area contributed by atoms with E-state index in [0.717, 1.165) is 16.9 Å². The highest BCUT2D eigenvalue weighted by Gasteiger charge is 2.32. The number of carbonyl (C=O) groups is 3. The minimum Gasteiger partial charge on any atom is -0.444 e. The van der Waals surface area contributed by atoms with Gasteiger partial charge in [0.05, 0.1) is 18.0 Å². The lowest BCUT2D eigenvalue weighted by Crippen LogP contribution is -2.25. The largest absolute Gasteiger partial charge is 0.444 e. The van der Waals surface area contributed by atoms with Crippen molar-refractivity contribution in [3.8, 4) is 0 Å². The fourth-order valence-electron chi connectivity index (χ4n) is 2.55. The molecule has 7 heteroatoms. The number of fused-ring (bicyclic) bond motifs is 1. The van der Waals surface area contributed by atoms with Crippen molar-refractivity contribution >= 4 is 41.4 Å². The number of ether oxygens (including phenoxy) is 1. The van der Waals surface area contributed by atoms with Gasteiger partial charge < -0.3 is 14.8 Å². The van der Waals surface area contributed by atoms with Crippen molar-refractivity contribution in [3.05, 3.63) is 18.2 Å². The van der Waals surface area contributed by atoms with E-state index in [1.165, 1.54) is 11.8 Å². The van der Waals surface area contributed by atoms with Gasteiger partial charge in [-0.15, -0.1) is 11.8 Å². The zero-order valence-corrected chi connectivity index (χ0v) is 12.7. The summed E-state index contributed by atoms with van der Waals surface area (Å²) in [6, 6.07) is 5.56. The van der Waals surface area contributed by atoms with Gasteiger partial charge in [-0.05, 0) is 31.0 Å². The molecule has 22 heavy (non-hydrogen) atoms. The van der Waals surface area contributed by atoms with Gasteiger partial charge in [-0.3, -0.25) is 9.69 Å². The van der Waals surface area contributed by atoms with E-state index in [4.69, 9.17) is 4.74 Å². The van der Waals surface area contributed by atoms with Gasteiger partial charge in [0.25, 0.3) is 0 Å². The minimum atomic E-state index is -0.383. The molecule has 116 valence electrons. The van der Waals surface area contributed by atoms with Gasteiger partial charge in [-0.25, -0.2) is 4.79 Å². The normalized spacial score (nSPS) is 20.4. The fraction of sp³-hybridized carbons (Fsp3) is 0.400. The lowest BCUT2D eigenvalue weighted by atomic mass is 10.1. The van der Waals surface area contributed by atoms with E-state index in [2.05, 4.69) is 5.32 Å². The van der Waals surface area contributed by atoms with Crippen LogP contribution in [0.2, 0.25) is 0 Å². The van der Waals surface area contributed by atoms with Crippen LogP contribution in [-0.4, -0.2) is 36.7 Å². The number of aldehydes is 1. The van der Waals surface area contributed by atoms with Crippen LogP contribution in [-0.2, 0) is 14.3 Å². The van der Waals surface area contributed by atoms with Crippen LogP contribution in [0.1, 0.15) is 19.3 Å². The Bertz CT molecular complexity index is 620. The van der Waals surface area contributed by atoms with Crippen LogP contribution in [0.15, 0.2) is 23.1 Å². The second-order valence-electron chi connectivity index (χ2n) is 5.23. The maximum Gasteiger partial charge on any atom is 0.414 e. The van der Waals surface area contributed by atoms with E-state index in [-0.39, 0.29) is 18.1 Å². The molecule has 6 nitrogen and oxygen atoms in total. The summed E-state index contributed by atoms with van der Waals surface area (Å²) in [4.78, 5) is 36.4. The van der Waals surface area contributed by atoms with Gasteiger partial charge in [0, 0.05) is 17.0 Å². The number of benzene rings is 1. The molecular weight excluding hydrogens is 304 g/mol. The standard InChI is InChI=1S/C15H16N2O4S/c18-6-2-1-3-11-8-17(15(20)21-11)10-4-5-13-12(7-10)16-14(19)9-22-13/h4-7,11H,1-3,8-9H2,(H,16,19). The van der Waals surface area contributed by atoms with Crippen LogP contribution in [0.4, 0.5) is 16.2 Å². The Balaban J connectivity index is 1.71. The number of nitrogens with zero attached hydrogens (tertiary/aromatic N) is 1. The predicted molar refractivity (Wildman–Crippen MR) is 83.3 cm³/mol. The molecule has 1 aromatic rings. The fourth-order valence-corrected chi connectivity index (χ4v) is 3.34. The van der Waals surface area contributed by atoms with Crippen LogP contribution in [0.25, 0.3) is 0 Å². The third kappa shape index (κ3) is 3.09. The number of anilines is 2. The molecule has 1 N–H and O–H groups in total. The number of unbranched alkanes of at least 4 members (excludes halogenated alkanes) is 1. The van der Waals surface area contributed by atoms with E-state index in [0.29, 0.717) is 37.2 Å². The van der Waals surface area contributed by atoms with Gasteiger partial charge in [-0.2, -0.15) is 0 Å². The summed E-state index contributed by atoms with van der Waals surface area (Å²) in [5, 5.41) is 2.81. The third-order valence-corrected chi connectivity index (χ3v) is 4.70. The summed E-state index contributed by atoms with van der Waals surface area (Å²) < 4.78 is 5.32. The molecule has 1 unspecified atom stereocenters. The number of rotatable bonds is 5.